The average Bonchev–Trinajstić information content (AvgIpc) is 2.36. The molecule has 0 aromatic heterocycles. The summed E-state index contributed by atoms with van der Waals surface area (Å²) in [5.74, 6) is 1.69. The van der Waals surface area contributed by atoms with E-state index in [1.165, 1.54) is 5.56 Å². The molecule has 0 aliphatic carbocycles. The highest BCUT2D eigenvalue weighted by Crippen LogP contribution is 2.26. The van der Waals surface area contributed by atoms with Gasteiger partial charge in [-0.25, -0.2) is 0 Å². The Morgan fingerprint density at radius 3 is 3.06 bits per heavy atom. The molecular formula is C14H22N2O. The average molecular weight is 234 g/mol. The van der Waals surface area contributed by atoms with Crippen molar-refractivity contribution < 1.29 is 4.74 Å². The second-order valence-corrected chi connectivity index (χ2v) is 4.85. The fourth-order valence-electron chi connectivity index (χ4n) is 2.34. The number of benzene rings is 1. The predicted octanol–water partition coefficient (Wildman–Crippen LogP) is 1.39. The third-order valence-electron chi connectivity index (χ3n) is 3.27. The van der Waals surface area contributed by atoms with Gasteiger partial charge in [0.15, 0.2) is 0 Å². The molecule has 1 unspecified atom stereocenters. The molecule has 3 heteroatoms. The Morgan fingerprint density at radius 2 is 2.24 bits per heavy atom. The van der Waals surface area contributed by atoms with Gasteiger partial charge in [0.25, 0.3) is 0 Å². The Morgan fingerprint density at radius 1 is 1.41 bits per heavy atom. The summed E-state index contributed by atoms with van der Waals surface area (Å²) in [6, 6.07) is 8.37. The number of hydrogen-bond acceptors (Lipinski definition) is 3. The van der Waals surface area contributed by atoms with E-state index in [1.807, 2.05) is 13.1 Å². The number of ether oxygens (including phenoxy) is 1. The van der Waals surface area contributed by atoms with Gasteiger partial charge in [0, 0.05) is 25.6 Å². The standard InChI is InChI=1S/C14H22N2O/c1-15-7-8-16(2)10-12-9-13-5-3-4-6-14(13)17-11-12/h3-6,12,15H,7-11H2,1-2H3. The molecule has 1 aromatic carbocycles. The van der Waals surface area contributed by atoms with E-state index in [1.54, 1.807) is 0 Å². The Hall–Kier alpha value is -1.06. The van der Waals surface area contributed by atoms with Crippen molar-refractivity contribution in [1.82, 2.24) is 10.2 Å². The van der Waals surface area contributed by atoms with Crippen molar-refractivity contribution in [3.8, 4) is 5.75 Å². The summed E-state index contributed by atoms with van der Waals surface area (Å²) in [7, 11) is 4.17. The molecule has 1 aliphatic rings. The van der Waals surface area contributed by atoms with Crippen LogP contribution in [0.15, 0.2) is 24.3 Å². The number of hydrogen-bond donors (Lipinski definition) is 1. The summed E-state index contributed by atoms with van der Waals surface area (Å²) in [5.41, 5.74) is 1.35. The van der Waals surface area contributed by atoms with E-state index in [4.69, 9.17) is 4.74 Å². The summed E-state index contributed by atoms with van der Waals surface area (Å²) < 4.78 is 5.80. The highest BCUT2D eigenvalue weighted by molar-refractivity contribution is 5.35. The fourth-order valence-corrected chi connectivity index (χ4v) is 2.34. The molecule has 0 amide bonds. The second kappa shape index (κ2) is 6.03. The minimum Gasteiger partial charge on any atom is -0.493 e. The normalized spacial score (nSPS) is 18.9. The predicted molar refractivity (Wildman–Crippen MR) is 70.6 cm³/mol. The number of para-hydroxylation sites is 1. The molecule has 0 saturated heterocycles. The number of fused-ring (bicyclic) bond motifs is 1. The molecule has 1 aliphatic heterocycles. The van der Waals surface area contributed by atoms with Crippen LogP contribution >= 0.6 is 0 Å². The van der Waals surface area contributed by atoms with Gasteiger partial charge in [-0.05, 0) is 32.1 Å². The molecule has 1 atom stereocenters. The lowest BCUT2D eigenvalue weighted by molar-refractivity contribution is 0.176. The van der Waals surface area contributed by atoms with Crippen LogP contribution in [0.4, 0.5) is 0 Å². The molecule has 1 aromatic rings. The van der Waals surface area contributed by atoms with Gasteiger partial charge in [0.05, 0.1) is 6.61 Å². The molecule has 1 heterocycles. The molecule has 2 rings (SSSR count). The molecule has 17 heavy (non-hydrogen) atoms. The van der Waals surface area contributed by atoms with Gasteiger partial charge >= 0.3 is 0 Å². The van der Waals surface area contributed by atoms with E-state index < -0.39 is 0 Å². The zero-order chi connectivity index (χ0) is 12.1. The van der Waals surface area contributed by atoms with Crippen LogP contribution in [0.2, 0.25) is 0 Å². The van der Waals surface area contributed by atoms with E-state index >= 15 is 0 Å². The molecule has 0 fully saturated rings. The van der Waals surface area contributed by atoms with Gasteiger partial charge in [-0.1, -0.05) is 18.2 Å². The van der Waals surface area contributed by atoms with Gasteiger partial charge in [-0.2, -0.15) is 0 Å². The molecular weight excluding hydrogens is 212 g/mol. The lowest BCUT2D eigenvalue weighted by atomic mass is 9.96. The van der Waals surface area contributed by atoms with Gasteiger partial charge in [0.1, 0.15) is 5.75 Å². The van der Waals surface area contributed by atoms with Crippen molar-refractivity contribution in [3.63, 3.8) is 0 Å². The van der Waals surface area contributed by atoms with Crippen LogP contribution in [0.3, 0.4) is 0 Å². The molecule has 1 N–H and O–H groups in total. The monoisotopic (exact) mass is 234 g/mol. The zero-order valence-electron chi connectivity index (χ0n) is 10.8. The molecule has 0 saturated carbocycles. The van der Waals surface area contributed by atoms with Crippen LogP contribution in [0.1, 0.15) is 5.56 Å². The van der Waals surface area contributed by atoms with Gasteiger partial charge in [0.2, 0.25) is 0 Å². The van der Waals surface area contributed by atoms with Crippen molar-refractivity contribution in [2.45, 2.75) is 6.42 Å². The summed E-state index contributed by atoms with van der Waals surface area (Å²) in [5, 5.41) is 3.18. The first kappa shape index (κ1) is 12.4. The Balaban J connectivity index is 1.85. The molecule has 3 nitrogen and oxygen atoms in total. The van der Waals surface area contributed by atoms with Crippen LogP contribution in [0, 0.1) is 5.92 Å². The first-order valence-corrected chi connectivity index (χ1v) is 6.33. The van der Waals surface area contributed by atoms with Gasteiger partial charge < -0.3 is 15.0 Å². The quantitative estimate of drug-likeness (QED) is 0.833. The largest absolute Gasteiger partial charge is 0.493 e. The molecule has 94 valence electrons. The maximum absolute atomic E-state index is 5.80. The number of rotatable bonds is 5. The van der Waals surface area contributed by atoms with Crippen molar-refractivity contribution in [2.75, 3.05) is 40.3 Å². The highest BCUT2D eigenvalue weighted by Gasteiger charge is 2.20. The summed E-state index contributed by atoms with van der Waals surface area (Å²) in [6.45, 7) is 4.09. The van der Waals surface area contributed by atoms with E-state index in [9.17, 15) is 0 Å². The maximum Gasteiger partial charge on any atom is 0.122 e. The Bertz CT molecular complexity index is 354. The van der Waals surface area contributed by atoms with Crippen LogP contribution in [0.25, 0.3) is 0 Å². The summed E-state index contributed by atoms with van der Waals surface area (Å²) in [4.78, 5) is 2.37. The van der Waals surface area contributed by atoms with Gasteiger partial charge in [-0.3, -0.25) is 0 Å². The third kappa shape index (κ3) is 3.45. The van der Waals surface area contributed by atoms with Crippen LogP contribution < -0.4 is 10.1 Å². The summed E-state index contributed by atoms with van der Waals surface area (Å²) in [6.07, 6.45) is 1.14. The van der Waals surface area contributed by atoms with Crippen molar-refractivity contribution in [3.05, 3.63) is 29.8 Å². The lowest BCUT2D eigenvalue weighted by Crippen LogP contribution is -2.35. The highest BCUT2D eigenvalue weighted by atomic mass is 16.5. The van der Waals surface area contributed by atoms with E-state index in [2.05, 4.69) is 35.5 Å². The zero-order valence-corrected chi connectivity index (χ0v) is 10.8. The number of likely N-dealkylation sites (N-methyl/N-ethyl adjacent to an activating group) is 2. The Kier molecular flexibility index (Phi) is 4.40. The third-order valence-corrected chi connectivity index (χ3v) is 3.27. The number of nitrogens with one attached hydrogen (secondary N) is 1. The summed E-state index contributed by atoms with van der Waals surface area (Å²) >= 11 is 0. The van der Waals surface area contributed by atoms with E-state index in [0.717, 1.165) is 38.4 Å². The SMILES string of the molecule is CNCCN(C)CC1COc2ccccc2C1. The van der Waals surface area contributed by atoms with Crippen LogP contribution in [0.5, 0.6) is 5.75 Å². The van der Waals surface area contributed by atoms with Crippen molar-refractivity contribution >= 4 is 0 Å². The fraction of sp³-hybridized carbons (Fsp3) is 0.571. The maximum atomic E-state index is 5.80. The number of nitrogens with zero attached hydrogens (tertiary/aromatic N) is 1. The smallest absolute Gasteiger partial charge is 0.122 e. The van der Waals surface area contributed by atoms with E-state index in [0.29, 0.717) is 5.92 Å². The van der Waals surface area contributed by atoms with E-state index in [-0.39, 0.29) is 0 Å². The first-order valence-electron chi connectivity index (χ1n) is 6.33. The second-order valence-electron chi connectivity index (χ2n) is 4.85. The molecule has 0 spiro atoms. The minimum absolute atomic E-state index is 0.617. The van der Waals surface area contributed by atoms with Crippen molar-refractivity contribution in [2.24, 2.45) is 5.92 Å². The minimum atomic E-state index is 0.617. The first-order chi connectivity index (χ1) is 8.29. The van der Waals surface area contributed by atoms with Crippen molar-refractivity contribution in [1.29, 1.82) is 0 Å². The molecule has 0 radical (unpaired) electrons. The van der Waals surface area contributed by atoms with Crippen LogP contribution in [-0.2, 0) is 6.42 Å². The Labute approximate surface area is 104 Å². The lowest BCUT2D eigenvalue weighted by Gasteiger charge is -2.28. The van der Waals surface area contributed by atoms with Gasteiger partial charge in [-0.15, -0.1) is 0 Å². The topological polar surface area (TPSA) is 24.5 Å². The molecule has 0 bridgehead atoms. The van der Waals surface area contributed by atoms with Crippen LogP contribution in [-0.4, -0.2) is 45.2 Å².